The normalized spacial score (nSPS) is 10.2. The van der Waals surface area contributed by atoms with Crippen LogP contribution in [-0.4, -0.2) is 25.2 Å². The largest absolute Gasteiger partial charge is 0.507 e. The van der Waals surface area contributed by atoms with Gasteiger partial charge in [0.2, 0.25) is 0 Å². The number of carbonyl (C=O) groups is 1. The highest BCUT2D eigenvalue weighted by atomic mass is 35.5. The quantitative estimate of drug-likeness (QED) is 0.879. The number of rotatable bonds is 4. The number of phenols is 1. The Balaban J connectivity index is 2.21. The molecule has 2 aromatic carbocycles. The summed E-state index contributed by atoms with van der Waals surface area (Å²) in [7, 11) is 3.19. The number of benzene rings is 2. The van der Waals surface area contributed by atoms with Gasteiger partial charge in [-0.1, -0.05) is 23.7 Å². The van der Waals surface area contributed by atoms with Crippen molar-refractivity contribution in [3.63, 3.8) is 0 Å². The average Bonchev–Trinajstić information content (AvgIpc) is 2.49. The molecule has 0 fully saturated rings. The van der Waals surface area contributed by atoms with Gasteiger partial charge in [-0.05, 0) is 35.9 Å². The summed E-state index contributed by atoms with van der Waals surface area (Å²) < 4.78 is 4.65. The molecule has 0 heterocycles. The van der Waals surface area contributed by atoms with Gasteiger partial charge in [0.1, 0.15) is 11.3 Å². The molecule has 0 amide bonds. The monoisotopic (exact) mass is 305 g/mol. The van der Waals surface area contributed by atoms with Gasteiger partial charge in [-0.3, -0.25) is 0 Å². The molecule has 2 rings (SSSR count). The van der Waals surface area contributed by atoms with Crippen LogP contribution in [0.2, 0.25) is 5.02 Å². The highest BCUT2D eigenvalue weighted by Gasteiger charge is 2.13. The van der Waals surface area contributed by atoms with Gasteiger partial charge in [0, 0.05) is 24.3 Å². The first-order valence-corrected chi connectivity index (χ1v) is 6.76. The maximum absolute atomic E-state index is 11.6. The number of esters is 1. The molecule has 5 heteroatoms. The third-order valence-electron chi connectivity index (χ3n) is 3.16. The smallest absolute Gasteiger partial charge is 0.341 e. The number of hydrogen-bond acceptors (Lipinski definition) is 4. The fraction of sp³-hybridized carbons (Fsp3) is 0.188. The van der Waals surface area contributed by atoms with Crippen molar-refractivity contribution in [3.05, 3.63) is 58.6 Å². The lowest BCUT2D eigenvalue weighted by atomic mass is 10.1. The standard InChI is InChI=1S/C16H16ClNO3/c1-18(10-11-3-5-12(17)6-4-11)13-7-8-15(19)14(9-13)16(20)21-2/h3-9,19H,10H2,1-2H3. The molecule has 0 radical (unpaired) electrons. The molecular formula is C16H16ClNO3. The van der Waals surface area contributed by atoms with Crippen molar-refractivity contribution in [2.45, 2.75) is 6.54 Å². The number of halogens is 1. The van der Waals surface area contributed by atoms with E-state index in [0.717, 1.165) is 11.3 Å². The minimum atomic E-state index is -0.561. The molecular weight excluding hydrogens is 290 g/mol. The van der Waals surface area contributed by atoms with Crippen LogP contribution in [0, 0.1) is 0 Å². The average molecular weight is 306 g/mol. The summed E-state index contributed by atoms with van der Waals surface area (Å²) in [6, 6.07) is 12.4. The fourth-order valence-electron chi connectivity index (χ4n) is 1.99. The minimum absolute atomic E-state index is 0.0921. The van der Waals surface area contributed by atoms with Crippen LogP contribution in [0.15, 0.2) is 42.5 Å². The lowest BCUT2D eigenvalue weighted by Crippen LogP contribution is -2.17. The zero-order chi connectivity index (χ0) is 15.4. The van der Waals surface area contributed by atoms with Gasteiger partial charge in [-0.25, -0.2) is 4.79 Å². The second-order valence-electron chi connectivity index (χ2n) is 4.68. The van der Waals surface area contributed by atoms with E-state index < -0.39 is 5.97 Å². The SMILES string of the molecule is COC(=O)c1cc(N(C)Cc2ccc(Cl)cc2)ccc1O. The Labute approximate surface area is 128 Å². The van der Waals surface area contributed by atoms with Gasteiger partial charge in [0.25, 0.3) is 0 Å². The maximum Gasteiger partial charge on any atom is 0.341 e. The van der Waals surface area contributed by atoms with E-state index in [1.807, 2.05) is 36.2 Å². The first kappa shape index (κ1) is 15.2. The third kappa shape index (κ3) is 3.67. The Morgan fingerprint density at radius 2 is 1.90 bits per heavy atom. The molecule has 0 saturated carbocycles. The Kier molecular flexibility index (Phi) is 4.70. The second-order valence-corrected chi connectivity index (χ2v) is 5.11. The Morgan fingerprint density at radius 1 is 1.24 bits per heavy atom. The van der Waals surface area contributed by atoms with E-state index in [1.165, 1.54) is 13.2 Å². The molecule has 0 atom stereocenters. The molecule has 110 valence electrons. The molecule has 1 N–H and O–H groups in total. The topological polar surface area (TPSA) is 49.8 Å². The number of hydrogen-bond donors (Lipinski definition) is 1. The number of methoxy groups -OCH3 is 1. The van der Waals surface area contributed by atoms with E-state index in [0.29, 0.717) is 11.6 Å². The van der Waals surface area contributed by atoms with Crippen LogP contribution >= 0.6 is 11.6 Å². The number of carbonyl (C=O) groups excluding carboxylic acids is 1. The van der Waals surface area contributed by atoms with Crippen molar-refractivity contribution < 1.29 is 14.6 Å². The van der Waals surface area contributed by atoms with Gasteiger partial charge >= 0.3 is 5.97 Å². The van der Waals surface area contributed by atoms with Crippen molar-refractivity contribution in [1.29, 1.82) is 0 Å². The first-order valence-electron chi connectivity index (χ1n) is 6.38. The van der Waals surface area contributed by atoms with Gasteiger partial charge in [0.15, 0.2) is 0 Å². The van der Waals surface area contributed by atoms with Crippen LogP contribution in [0.4, 0.5) is 5.69 Å². The molecule has 0 aliphatic rings. The summed E-state index contributed by atoms with van der Waals surface area (Å²) in [5, 5.41) is 10.4. The number of anilines is 1. The Hall–Kier alpha value is -2.20. The summed E-state index contributed by atoms with van der Waals surface area (Å²) in [6.45, 7) is 0.655. The van der Waals surface area contributed by atoms with Crippen LogP contribution < -0.4 is 4.90 Å². The molecule has 0 aliphatic heterocycles. The highest BCUT2D eigenvalue weighted by molar-refractivity contribution is 6.30. The lowest BCUT2D eigenvalue weighted by molar-refractivity contribution is 0.0597. The highest BCUT2D eigenvalue weighted by Crippen LogP contribution is 2.25. The summed E-state index contributed by atoms with van der Waals surface area (Å²) in [4.78, 5) is 13.6. The molecule has 0 aromatic heterocycles. The van der Waals surface area contributed by atoms with Crippen LogP contribution in [0.3, 0.4) is 0 Å². The predicted octanol–water partition coefficient (Wildman–Crippen LogP) is 3.47. The second kappa shape index (κ2) is 6.50. The molecule has 2 aromatic rings. The van der Waals surface area contributed by atoms with Gasteiger partial charge in [-0.15, -0.1) is 0 Å². The van der Waals surface area contributed by atoms with Crippen LogP contribution in [0.5, 0.6) is 5.75 Å². The fourth-order valence-corrected chi connectivity index (χ4v) is 2.12. The van der Waals surface area contributed by atoms with E-state index >= 15 is 0 Å². The van der Waals surface area contributed by atoms with Gasteiger partial charge < -0.3 is 14.7 Å². The number of ether oxygens (including phenoxy) is 1. The molecule has 0 unspecified atom stereocenters. The number of phenolic OH excluding ortho intramolecular Hbond substituents is 1. The van der Waals surface area contributed by atoms with Gasteiger partial charge in [0.05, 0.1) is 7.11 Å². The third-order valence-corrected chi connectivity index (χ3v) is 3.41. The van der Waals surface area contributed by atoms with Crippen molar-refractivity contribution >= 4 is 23.3 Å². The molecule has 21 heavy (non-hydrogen) atoms. The summed E-state index contributed by atoms with van der Waals surface area (Å²) in [5.74, 6) is -0.653. The van der Waals surface area contributed by atoms with E-state index in [1.54, 1.807) is 12.1 Å². The molecule has 0 saturated heterocycles. The molecule has 0 aliphatic carbocycles. The summed E-state index contributed by atoms with van der Waals surface area (Å²) >= 11 is 5.86. The van der Waals surface area contributed by atoms with Crippen LogP contribution in [0.25, 0.3) is 0 Å². The van der Waals surface area contributed by atoms with Crippen molar-refractivity contribution in [3.8, 4) is 5.75 Å². The number of nitrogens with zero attached hydrogens (tertiary/aromatic N) is 1. The van der Waals surface area contributed by atoms with Crippen LogP contribution in [0.1, 0.15) is 15.9 Å². The first-order chi connectivity index (χ1) is 10.0. The predicted molar refractivity (Wildman–Crippen MR) is 83.0 cm³/mol. The van der Waals surface area contributed by atoms with E-state index in [2.05, 4.69) is 4.74 Å². The number of aromatic hydroxyl groups is 1. The van der Waals surface area contributed by atoms with Crippen molar-refractivity contribution in [1.82, 2.24) is 0 Å². The Bertz CT molecular complexity index is 640. The van der Waals surface area contributed by atoms with Gasteiger partial charge in [-0.2, -0.15) is 0 Å². The lowest BCUT2D eigenvalue weighted by Gasteiger charge is -2.20. The maximum atomic E-state index is 11.6. The van der Waals surface area contributed by atoms with E-state index in [-0.39, 0.29) is 11.3 Å². The van der Waals surface area contributed by atoms with Crippen LogP contribution in [-0.2, 0) is 11.3 Å². The Morgan fingerprint density at radius 3 is 2.52 bits per heavy atom. The minimum Gasteiger partial charge on any atom is -0.507 e. The molecule has 0 spiro atoms. The molecule has 4 nitrogen and oxygen atoms in total. The summed E-state index contributed by atoms with van der Waals surface area (Å²) in [6.07, 6.45) is 0. The van der Waals surface area contributed by atoms with E-state index in [4.69, 9.17) is 11.6 Å². The zero-order valence-corrected chi connectivity index (χ0v) is 12.6. The zero-order valence-electron chi connectivity index (χ0n) is 11.8. The van der Waals surface area contributed by atoms with Crippen molar-refractivity contribution in [2.24, 2.45) is 0 Å². The van der Waals surface area contributed by atoms with E-state index in [9.17, 15) is 9.90 Å². The molecule has 0 bridgehead atoms. The van der Waals surface area contributed by atoms with Crippen molar-refractivity contribution in [2.75, 3.05) is 19.1 Å². The summed E-state index contributed by atoms with van der Waals surface area (Å²) in [5.41, 5.74) is 2.05.